The lowest BCUT2D eigenvalue weighted by Gasteiger charge is -2.07. The van der Waals surface area contributed by atoms with Gasteiger partial charge in [-0.3, -0.25) is 0 Å². The van der Waals surface area contributed by atoms with Gasteiger partial charge in [0, 0.05) is 6.42 Å². The number of benzene rings is 1. The summed E-state index contributed by atoms with van der Waals surface area (Å²) >= 11 is 0. The number of hydrogen-bond donors (Lipinski definition) is 0. The van der Waals surface area contributed by atoms with Crippen molar-refractivity contribution >= 4 is 10.1 Å². The van der Waals surface area contributed by atoms with Crippen LogP contribution in [0.5, 0.6) is 0 Å². The molecule has 1 aliphatic rings. The Hall–Kier alpha value is -1.01. The number of alkyl halides is 2. The van der Waals surface area contributed by atoms with E-state index in [4.69, 9.17) is 0 Å². The molecule has 0 spiro atoms. The molecule has 6 heteroatoms. The maximum absolute atomic E-state index is 12.6. The molecule has 2 rings (SSSR count). The molecular weight excluding hydrogens is 226 g/mol. The zero-order valence-electron chi connectivity index (χ0n) is 7.48. The van der Waals surface area contributed by atoms with E-state index in [9.17, 15) is 21.8 Å². The van der Waals surface area contributed by atoms with Crippen LogP contribution in [-0.2, 0) is 10.1 Å². The second kappa shape index (κ2) is 2.99. The first kappa shape index (κ1) is 10.5. The molecule has 1 unspecified atom stereocenters. The maximum atomic E-state index is 12.6. The van der Waals surface area contributed by atoms with Crippen LogP contribution in [0, 0.1) is 0 Å². The fraction of sp³-hybridized carbons (Fsp3) is 0.333. The summed E-state index contributed by atoms with van der Waals surface area (Å²) in [7, 11) is -4.49. The molecule has 1 fully saturated rings. The molecule has 0 saturated heterocycles. The Morgan fingerprint density at radius 3 is 2.07 bits per heavy atom. The van der Waals surface area contributed by atoms with Gasteiger partial charge in [-0.1, -0.05) is 12.1 Å². The summed E-state index contributed by atoms with van der Waals surface area (Å²) in [6.07, 6.45) is -0.212. The van der Waals surface area contributed by atoms with Crippen molar-refractivity contribution in [1.82, 2.24) is 0 Å². The van der Waals surface area contributed by atoms with E-state index >= 15 is 0 Å². The minimum atomic E-state index is -4.49. The topological polar surface area (TPSA) is 57.2 Å². The Morgan fingerprint density at radius 2 is 1.73 bits per heavy atom. The van der Waals surface area contributed by atoms with Gasteiger partial charge in [0.1, 0.15) is 10.1 Å². The highest BCUT2D eigenvalue weighted by Gasteiger charge is 2.57. The third kappa shape index (κ3) is 2.00. The van der Waals surface area contributed by atoms with Crippen molar-refractivity contribution in [2.75, 3.05) is 0 Å². The fourth-order valence-corrected chi connectivity index (χ4v) is 1.91. The van der Waals surface area contributed by atoms with Crippen LogP contribution in [0.1, 0.15) is 17.9 Å². The largest absolute Gasteiger partial charge is 0.744 e. The fourth-order valence-electron chi connectivity index (χ4n) is 1.44. The third-order valence-corrected chi connectivity index (χ3v) is 3.25. The van der Waals surface area contributed by atoms with Crippen molar-refractivity contribution in [2.24, 2.45) is 0 Å². The minimum Gasteiger partial charge on any atom is -0.744 e. The predicted molar refractivity (Wildman–Crippen MR) is 46.7 cm³/mol. The van der Waals surface area contributed by atoms with Crippen LogP contribution >= 0.6 is 0 Å². The lowest BCUT2D eigenvalue weighted by atomic mass is 10.1. The van der Waals surface area contributed by atoms with E-state index in [1.165, 1.54) is 12.1 Å². The van der Waals surface area contributed by atoms with Crippen molar-refractivity contribution in [1.29, 1.82) is 0 Å². The highest BCUT2D eigenvalue weighted by Crippen LogP contribution is 2.55. The standard InChI is InChI=1S/C9H8F2O3S/c10-9(11)5-8(9)6-1-3-7(4-2-6)15(12,13)14/h1-4,8H,5H2,(H,12,13,14)/p-1. The van der Waals surface area contributed by atoms with Gasteiger partial charge in [0.2, 0.25) is 0 Å². The van der Waals surface area contributed by atoms with E-state index in [0.29, 0.717) is 5.56 Å². The lowest BCUT2D eigenvalue weighted by molar-refractivity contribution is 0.112. The second-order valence-corrected chi connectivity index (χ2v) is 4.92. The Kier molecular flexibility index (Phi) is 2.09. The smallest absolute Gasteiger partial charge is 0.255 e. The summed E-state index contributed by atoms with van der Waals surface area (Å²) in [5.74, 6) is -3.52. The van der Waals surface area contributed by atoms with Crippen LogP contribution in [0.25, 0.3) is 0 Å². The molecule has 1 aromatic carbocycles. The summed E-state index contributed by atoms with van der Waals surface area (Å²) in [6, 6.07) is 4.64. The summed E-state index contributed by atoms with van der Waals surface area (Å²) in [5.41, 5.74) is 0.368. The Morgan fingerprint density at radius 1 is 1.27 bits per heavy atom. The third-order valence-electron chi connectivity index (χ3n) is 2.40. The van der Waals surface area contributed by atoms with Crippen molar-refractivity contribution < 1.29 is 21.8 Å². The molecular formula is C9H7F2O3S-. The zero-order chi connectivity index (χ0) is 11.3. The van der Waals surface area contributed by atoms with E-state index in [1.807, 2.05) is 0 Å². The van der Waals surface area contributed by atoms with E-state index in [0.717, 1.165) is 12.1 Å². The predicted octanol–water partition coefficient (Wildman–Crippen LogP) is 1.71. The molecule has 15 heavy (non-hydrogen) atoms. The van der Waals surface area contributed by atoms with Crippen molar-refractivity contribution in [2.45, 2.75) is 23.2 Å². The van der Waals surface area contributed by atoms with E-state index in [-0.39, 0.29) is 6.42 Å². The zero-order valence-corrected chi connectivity index (χ0v) is 8.30. The van der Waals surface area contributed by atoms with Gasteiger partial charge in [-0.2, -0.15) is 0 Å². The highest BCUT2D eigenvalue weighted by atomic mass is 32.2. The monoisotopic (exact) mass is 233 g/mol. The Balaban J connectivity index is 2.27. The van der Waals surface area contributed by atoms with Gasteiger partial charge < -0.3 is 4.55 Å². The normalized spacial score (nSPS) is 23.8. The van der Waals surface area contributed by atoms with Gasteiger partial charge >= 0.3 is 0 Å². The van der Waals surface area contributed by atoms with Gasteiger partial charge in [0.25, 0.3) is 5.92 Å². The first-order chi connectivity index (χ1) is 6.81. The van der Waals surface area contributed by atoms with Gasteiger partial charge in [-0.15, -0.1) is 0 Å². The number of rotatable bonds is 2. The summed E-state index contributed by atoms with van der Waals surface area (Å²) in [6.45, 7) is 0. The summed E-state index contributed by atoms with van der Waals surface area (Å²) < 4.78 is 56.9. The Bertz CT molecular complexity index is 479. The van der Waals surface area contributed by atoms with E-state index < -0.39 is 26.9 Å². The molecule has 1 atom stereocenters. The highest BCUT2D eigenvalue weighted by molar-refractivity contribution is 7.85. The molecule has 1 saturated carbocycles. The lowest BCUT2D eigenvalue weighted by Crippen LogP contribution is -1.99. The van der Waals surface area contributed by atoms with Crippen LogP contribution < -0.4 is 0 Å². The van der Waals surface area contributed by atoms with E-state index in [1.54, 1.807) is 0 Å². The average molecular weight is 233 g/mol. The van der Waals surface area contributed by atoms with Gasteiger partial charge in [0.05, 0.1) is 10.8 Å². The first-order valence-corrected chi connectivity index (χ1v) is 5.65. The first-order valence-electron chi connectivity index (χ1n) is 4.24. The number of hydrogen-bond acceptors (Lipinski definition) is 3. The molecule has 0 heterocycles. The molecule has 82 valence electrons. The van der Waals surface area contributed by atoms with Crippen LogP contribution in [0.3, 0.4) is 0 Å². The molecule has 1 aromatic rings. The van der Waals surface area contributed by atoms with Gasteiger partial charge in [-0.05, 0) is 17.7 Å². The second-order valence-electron chi connectivity index (χ2n) is 3.54. The van der Waals surface area contributed by atoms with E-state index in [2.05, 4.69) is 0 Å². The molecule has 1 aliphatic carbocycles. The van der Waals surface area contributed by atoms with Crippen LogP contribution in [0.4, 0.5) is 8.78 Å². The maximum Gasteiger partial charge on any atom is 0.255 e. The van der Waals surface area contributed by atoms with Gasteiger partial charge in [0.15, 0.2) is 0 Å². The molecule has 0 N–H and O–H groups in total. The van der Waals surface area contributed by atoms with Crippen molar-refractivity contribution in [3.8, 4) is 0 Å². The molecule has 3 nitrogen and oxygen atoms in total. The minimum absolute atomic E-state index is 0.212. The van der Waals surface area contributed by atoms with Crippen LogP contribution in [0.15, 0.2) is 29.2 Å². The van der Waals surface area contributed by atoms with Crippen molar-refractivity contribution in [3.05, 3.63) is 29.8 Å². The van der Waals surface area contributed by atoms with Crippen molar-refractivity contribution in [3.63, 3.8) is 0 Å². The Labute approximate surface area is 85.5 Å². The SMILES string of the molecule is O=S(=O)([O-])c1ccc(C2CC2(F)F)cc1. The average Bonchev–Trinajstić information content (AvgIpc) is 2.74. The summed E-state index contributed by atoms with van der Waals surface area (Å²) in [4.78, 5) is -0.393. The quantitative estimate of drug-likeness (QED) is 0.731. The molecule has 0 bridgehead atoms. The molecule has 0 radical (unpaired) electrons. The molecule has 0 amide bonds. The van der Waals surface area contributed by atoms with Crippen LogP contribution in [-0.4, -0.2) is 18.9 Å². The molecule has 0 aliphatic heterocycles. The molecule has 0 aromatic heterocycles. The number of halogens is 2. The summed E-state index contributed by atoms with van der Waals surface area (Å²) in [5, 5.41) is 0. The van der Waals surface area contributed by atoms with Gasteiger partial charge in [-0.25, -0.2) is 17.2 Å². The van der Waals surface area contributed by atoms with Crippen LogP contribution in [0.2, 0.25) is 0 Å².